The molecule has 0 spiro atoms. The topological polar surface area (TPSA) is 3.24 Å². The van der Waals surface area contributed by atoms with E-state index >= 15 is 0 Å². The van der Waals surface area contributed by atoms with E-state index in [4.69, 9.17) is 0 Å². The van der Waals surface area contributed by atoms with Crippen molar-refractivity contribution in [1.82, 2.24) is 4.90 Å². The van der Waals surface area contributed by atoms with Crippen LogP contribution in [0.25, 0.3) is 0 Å². The van der Waals surface area contributed by atoms with Crippen molar-refractivity contribution < 1.29 is 0 Å². The van der Waals surface area contributed by atoms with E-state index in [1.807, 2.05) is 25.6 Å². The Bertz CT molecular complexity index is 132. The number of rotatable bonds is 2. The number of hydrogen-bond acceptors (Lipinski definition) is 2. The average molecular weight is 187 g/mol. The molecule has 0 radical (unpaired) electrons. The van der Waals surface area contributed by atoms with Crippen molar-refractivity contribution in [2.24, 2.45) is 5.92 Å². The first-order valence-electron chi connectivity index (χ1n) is 4.83. The van der Waals surface area contributed by atoms with Crippen molar-refractivity contribution >= 4 is 11.8 Å². The van der Waals surface area contributed by atoms with Gasteiger partial charge >= 0.3 is 0 Å². The maximum absolute atomic E-state index is 2.38. The molecule has 0 saturated heterocycles. The highest BCUT2D eigenvalue weighted by molar-refractivity contribution is 8.02. The fourth-order valence-corrected chi connectivity index (χ4v) is 2.26. The van der Waals surface area contributed by atoms with Gasteiger partial charge in [0.05, 0.1) is 5.37 Å². The maximum atomic E-state index is 2.38. The van der Waals surface area contributed by atoms with Crippen molar-refractivity contribution in [3.05, 3.63) is 11.6 Å². The van der Waals surface area contributed by atoms with Crippen LogP contribution >= 0.6 is 11.8 Å². The Morgan fingerprint density at radius 2 is 2.00 bits per heavy atom. The van der Waals surface area contributed by atoms with E-state index in [1.165, 1.54) is 0 Å². The second kappa shape index (κ2) is 6.41. The van der Waals surface area contributed by atoms with E-state index in [1.54, 1.807) is 0 Å². The van der Waals surface area contributed by atoms with Gasteiger partial charge in [-0.2, -0.15) is 0 Å². The summed E-state index contributed by atoms with van der Waals surface area (Å²) in [6.07, 6.45) is 2.19. The number of nitrogens with zero attached hydrogens (tertiary/aromatic N) is 1. The molecule has 1 heterocycles. The third kappa shape index (κ3) is 3.10. The molecule has 1 nitrogen and oxygen atoms in total. The molecule has 0 aromatic rings. The monoisotopic (exact) mass is 187 g/mol. The van der Waals surface area contributed by atoms with Gasteiger partial charge in [0.15, 0.2) is 0 Å². The molecule has 2 heteroatoms. The van der Waals surface area contributed by atoms with Crippen LogP contribution in [-0.4, -0.2) is 16.8 Å². The van der Waals surface area contributed by atoms with Crippen molar-refractivity contribution in [2.45, 2.75) is 40.0 Å². The third-order valence-electron chi connectivity index (χ3n) is 1.73. The fraction of sp³-hybridized carbons (Fsp3) is 0.800. The lowest BCUT2D eigenvalue weighted by Gasteiger charge is -2.26. The van der Waals surface area contributed by atoms with Crippen LogP contribution in [0.1, 0.15) is 34.6 Å². The zero-order chi connectivity index (χ0) is 9.56. The lowest BCUT2D eigenvalue weighted by Crippen LogP contribution is -2.28. The largest absolute Gasteiger partial charge is 0.365 e. The molecule has 1 aliphatic heterocycles. The van der Waals surface area contributed by atoms with Crippen LogP contribution < -0.4 is 0 Å². The van der Waals surface area contributed by atoms with Gasteiger partial charge in [0, 0.05) is 12.7 Å². The lowest BCUT2D eigenvalue weighted by atomic mass is 10.2. The van der Waals surface area contributed by atoms with E-state index in [2.05, 4.69) is 37.3 Å². The van der Waals surface area contributed by atoms with Crippen molar-refractivity contribution in [3.63, 3.8) is 0 Å². The predicted octanol–water partition coefficient (Wildman–Crippen LogP) is 3.53. The molecule has 1 atom stereocenters. The fourth-order valence-electron chi connectivity index (χ4n) is 1.18. The highest BCUT2D eigenvalue weighted by Gasteiger charge is 2.20. The summed E-state index contributed by atoms with van der Waals surface area (Å²) in [6.45, 7) is 11.9. The van der Waals surface area contributed by atoms with Gasteiger partial charge in [-0.05, 0) is 18.2 Å². The van der Waals surface area contributed by atoms with Gasteiger partial charge in [-0.15, -0.1) is 11.8 Å². The zero-order valence-electron chi connectivity index (χ0n) is 8.87. The molecule has 72 valence electrons. The molecule has 12 heavy (non-hydrogen) atoms. The molecule has 0 saturated carbocycles. The molecule has 0 fully saturated rings. The van der Waals surface area contributed by atoms with Gasteiger partial charge in [0.2, 0.25) is 0 Å². The molecule has 1 aliphatic rings. The van der Waals surface area contributed by atoms with Crippen LogP contribution in [-0.2, 0) is 0 Å². The van der Waals surface area contributed by atoms with Crippen LogP contribution in [0.2, 0.25) is 0 Å². The van der Waals surface area contributed by atoms with Gasteiger partial charge in [-0.1, -0.05) is 27.7 Å². The quantitative estimate of drug-likeness (QED) is 0.650. The van der Waals surface area contributed by atoms with Crippen LogP contribution in [0.15, 0.2) is 11.6 Å². The Morgan fingerprint density at radius 3 is 2.33 bits per heavy atom. The third-order valence-corrected chi connectivity index (χ3v) is 3.11. The van der Waals surface area contributed by atoms with Crippen LogP contribution in [0.3, 0.4) is 0 Å². The lowest BCUT2D eigenvalue weighted by molar-refractivity contribution is 0.320. The molecular weight excluding hydrogens is 166 g/mol. The number of hydrogen-bond donors (Lipinski definition) is 0. The Hall–Kier alpha value is -0.110. The molecule has 0 amide bonds. The van der Waals surface area contributed by atoms with Gasteiger partial charge in [0.1, 0.15) is 0 Å². The minimum absolute atomic E-state index is 0.685. The standard InChI is InChI=1S/C8H15NS.C2H6/c1-4-9-5-6-10-8(9)7(2)3;1-2/h5-8H,4H2,1-3H3;1-2H3. The SMILES string of the molecule is CC.CCN1C=CSC1C(C)C. The second-order valence-electron chi connectivity index (χ2n) is 2.89. The summed E-state index contributed by atoms with van der Waals surface area (Å²) in [5, 5.41) is 2.87. The first-order chi connectivity index (χ1) is 5.75. The molecule has 0 aromatic heterocycles. The van der Waals surface area contributed by atoms with Crippen molar-refractivity contribution in [2.75, 3.05) is 6.54 Å². The van der Waals surface area contributed by atoms with E-state index in [-0.39, 0.29) is 0 Å². The van der Waals surface area contributed by atoms with Crippen LogP contribution in [0, 0.1) is 5.92 Å². The van der Waals surface area contributed by atoms with Gasteiger partial charge < -0.3 is 4.90 Å². The Labute approximate surface area is 81.2 Å². The molecular formula is C10H21NS. The summed E-state index contributed by atoms with van der Waals surface area (Å²) in [5.41, 5.74) is 0. The van der Waals surface area contributed by atoms with Gasteiger partial charge in [-0.3, -0.25) is 0 Å². The van der Waals surface area contributed by atoms with E-state index < -0.39 is 0 Å². The molecule has 1 rings (SSSR count). The summed E-state index contributed by atoms with van der Waals surface area (Å²) >= 11 is 1.93. The molecule has 0 bridgehead atoms. The zero-order valence-corrected chi connectivity index (χ0v) is 9.69. The summed E-state index contributed by atoms with van der Waals surface area (Å²) in [7, 11) is 0. The summed E-state index contributed by atoms with van der Waals surface area (Å²) in [4.78, 5) is 2.38. The Morgan fingerprint density at radius 1 is 1.42 bits per heavy atom. The predicted molar refractivity (Wildman–Crippen MR) is 59.1 cm³/mol. The second-order valence-corrected chi connectivity index (χ2v) is 3.91. The molecule has 0 aliphatic carbocycles. The highest BCUT2D eigenvalue weighted by Crippen LogP contribution is 2.29. The Kier molecular flexibility index (Phi) is 6.35. The van der Waals surface area contributed by atoms with Crippen LogP contribution in [0.4, 0.5) is 0 Å². The van der Waals surface area contributed by atoms with Gasteiger partial charge in [0.25, 0.3) is 0 Å². The van der Waals surface area contributed by atoms with E-state index in [0.29, 0.717) is 5.37 Å². The normalized spacial score (nSPS) is 21.2. The Balaban J connectivity index is 0.000000561. The number of thioether (sulfide) groups is 1. The minimum atomic E-state index is 0.685. The highest BCUT2D eigenvalue weighted by atomic mass is 32.2. The van der Waals surface area contributed by atoms with E-state index in [9.17, 15) is 0 Å². The first-order valence-corrected chi connectivity index (χ1v) is 5.78. The molecule has 0 aromatic carbocycles. The minimum Gasteiger partial charge on any atom is -0.365 e. The van der Waals surface area contributed by atoms with E-state index in [0.717, 1.165) is 12.5 Å². The van der Waals surface area contributed by atoms with Crippen molar-refractivity contribution in [1.29, 1.82) is 0 Å². The molecule has 1 unspecified atom stereocenters. The van der Waals surface area contributed by atoms with Crippen molar-refractivity contribution in [3.8, 4) is 0 Å². The molecule has 0 N–H and O–H groups in total. The summed E-state index contributed by atoms with van der Waals surface area (Å²) in [5.74, 6) is 0.750. The summed E-state index contributed by atoms with van der Waals surface area (Å²) in [6, 6.07) is 0. The van der Waals surface area contributed by atoms with Gasteiger partial charge in [-0.25, -0.2) is 0 Å². The first kappa shape index (κ1) is 11.9. The maximum Gasteiger partial charge on any atom is 0.0808 e. The van der Waals surface area contributed by atoms with Crippen LogP contribution in [0.5, 0.6) is 0 Å². The smallest absolute Gasteiger partial charge is 0.0808 e. The summed E-state index contributed by atoms with van der Waals surface area (Å²) < 4.78 is 0. The average Bonchev–Trinajstić information content (AvgIpc) is 2.55.